The molecular formula is C14H22N4O2. The number of anilines is 1. The van der Waals surface area contributed by atoms with Crippen LogP contribution in [0.5, 0.6) is 0 Å². The van der Waals surface area contributed by atoms with Crippen LogP contribution in [0, 0.1) is 0 Å². The standard InChI is InChI=1S/C14H22N4O2/c1-3-11-16-12(14(19)20-2)13(15)18(11)10-6-8-17-7-4-5-9(10)17/h9-10H,3-8,15H2,1-2H3. The maximum atomic E-state index is 11.8. The Kier molecular flexibility index (Phi) is 3.41. The van der Waals surface area contributed by atoms with Gasteiger partial charge in [0.25, 0.3) is 0 Å². The van der Waals surface area contributed by atoms with Crippen molar-refractivity contribution in [1.29, 1.82) is 0 Å². The van der Waals surface area contributed by atoms with Gasteiger partial charge in [-0.15, -0.1) is 0 Å². The Labute approximate surface area is 118 Å². The van der Waals surface area contributed by atoms with Crippen molar-refractivity contribution in [2.45, 2.75) is 44.7 Å². The summed E-state index contributed by atoms with van der Waals surface area (Å²) in [4.78, 5) is 18.7. The number of aryl methyl sites for hydroxylation is 1. The highest BCUT2D eigenvalue weighted by Gasteiger charge is 2.40. The summed E-state index contributed by atoms with van der Waals surface area (Å²) in [5, 5.41) is 0. The van der Waals surface area contributed by atoms with E-state index in [0.29, 0.717) is 17.9 Å². The third-order valence-electron chi connectivity index (χ3n) is 4.62. The van der Waals surface area contributed by atoms with Gasteiger partial charge in [-0.05, 0) is 25.8 Å². The molecule has 1 aromatic rings. The fourth-order valence-electron chi connectivity index (χ4n) is 3.72. The fourth-order valence-corrected chi connectivity index (χ4v) is 3.72. The summed E-state index contributed by atoms with van der Waals surface area (Å²) in [6.45, 7) is 4.34. The lowest BCUT2D eigenvalue weighted by molar-refractivity contribution is 0.0595. The van der Waals surface area contributed by atoms with Gasteiger partial charge in [0.1, 0.15) is 11.6 Å². The Hall–Kier alpha value is -1.56. The summed E-state index contributed by atoms with van der Waals surface area (Å²) in [5.41, 5.74) is 6.46. The first-order valence-corrected chi connectivity index (χ1v) is 7.36. The van der Waals surface area contributed by atoms with Crippen molar-refractivity contribution in [2.75, 3.05) is 25.9 Å². The Morgan fingerprint density at radius 2 is 2.20 bits per heavy atom. The van der Waals surface area contributed by atoms with E-state index in [9.17, 15) is 4.79 Å². The number of hydrogen-bond acceptors (Lipinski definition) is 5. The zero-order chi connectivity index (χ0) is 14.3. The number of hydrogen-bond donors (Lipinski definition) is 1. The Morgan fingerprint density at radius 1 is 1.40 bits per heavy atom. The molecule has 3 heterocycles. The van der Waals surface area contributed by atoms with E-state index in [1.165, 1.54) is 26.5 Å². The predicted molar refractivity (Wildman–Crippen MR) is 75.6 cm³/mol. The van der Waals surface area contributed by atoms with Crippen LogP contribution in [0.4, 0.5) is 5.82 Å². The number of imidazole rings is 1. The molecule has 2 aliphatic rings. The number of nitrogens with two attached hydrogens (primary N) is 1. The van der Waals surface area contributed by atoms with Gasteiger partial charge in [0.15, 0.2) is 5.69 Å². The molecule has 2 saturated heterocycles. The molecule has 20 heavy (non-hydrogen) atoms. The highest BCUT2D eigenvalue weighted by Crippen LogP contribution is 2.38. The number of carbonyl (C=O) groups is 1. The maximum absolute atomic E-state index is 11.8. The number of nitrogens with zero attached hydrogens (tertiary/aromatic N) is 3. The van der Waals surface area contributed by atoms with Crippen molar-refractivity contribution in [3.8, 4) is 0 Å². The van der Waals surface area contributed by atoms with Gasteiger partial charge in [-0.3, -0.25) is 4.90 Å². The third kappa shape index (κ3) is 1.90. The predicted octanol–water partition coefficient (Wildman–Crippen LogP) is 1.22. The number of aromatic nitrogens is 2. The van der Waals surface area contributed by atoms with Gasteiger partial charge in [0, 0.05) is 19.0 Å². The van der Waals surface area contributed by atoms with Crippen LogP contribution >= 0.6 is 0 Å². The van der Waals surface area contributed by atoms with Crippen LogP contribution < -0.4 is 5.73 Å². The fraction of sp³-hybridized carbons (Fsp3) is 0.714. The molecule has 0 radical (unpaired) electrons. The van der Waals surface area contributed by atoms with Gasteiger partial charge in [-0.1, -0.05) is 6.92 Å². The van der Waals surface area contributed by atoms with Gasteiger partial charge in [-0.2, -0.15) is 0 Å². The van der Waals surface area contributed by atoms with Crippen molar-refractivity contribution in [3.05, 3.63) is 11.5 Å². The van der Waals surface area contributed by atoms with Crippen molar-refractivity contribution in [3.63, 3.8) is 0 Å². The molecule has 0 saturated carbocycles. The van der Waals surface area contributed by atoms with Gasteiger partial charge >= 0.3 is 5.97 Å². The lowest BCUT2D eigenvalue weighted by Gasteiger charge is -2.24. The van der Waals surface area contributed by atoms with Crippen molar-refractivity contribution in [1.82, 2.24) is 14.5 Å². The van der Waals surface area contributed by atoms with Crippen LogP contribution in [-0.2, 0) is 11.2 Å². The van der Waals surface area contributed by atoms with Crippen LogP contribution in [0.2, 0.25) is 0 Å². The average Bonchev–Trinajstić information content (AvgIpc) is 3.12. The van der Waals surface area contributed by atoms with E-state index in [4.69, 9.17) is 10.5 Å². The van der Waals surface area contributed by atoms with E-state index in [0.717, 1.165) is 25.2 Å². The number of fused-ring (bicyclic) bond motifs is 1. The average molecular weight is 278 g/mol. The molecule has 0 bridgehead atoms. The van der Waals surface area contributed by atoms with Crippen LogP contribution in [0.25, 0.3) is 0 Å². The van der Waals surface area contributed by atoms with E-state index >= 15 is 0 Å². The zero-order valence-corrected chi connectivity index (χ0v) is 12.1. The SMILES string of the molecule is CCc1nc(C(=O)OC)c(N)n1C1CCN2CCCC12. The maximum Gasteiger partial charge on any atom is 0.360 e. The van der Waals surface area contributed by atoms with Crippen molar-refractivity contribution in [2.24, 2.45) is 0 Å². The smallest absolute Gasteiger partial charge is 0.360 e. The second-order valence-electron chi connectivity index (χ2n) is 5.58. The molecular weight excluding hydrogens is 256 g/mol. The monoisotopic (exact) mass is 278 g/mol. The van der Waals surface area contributed by atoms with Gasteiger partial charge in [0.2, 0.25) is 0 Å². The second-order valence-corrected chi connectivity index (χ2v) is 5.58. The van der Waals surface area contributed by atoms with Crippen molar-refractivity contribution >= 4 is 11.8 Å². The number of rotatable bonds is 3. The summed E-state index contributed by atoms with van der Waals surface area (Å²) in [7, 11) is 1.36. The molecule has 0 aromatic carbocycles. The second kappa shape index (κ2) is 5.09. The van der Waals surface area contributed by atoms with Crippen LogP contribution in [0.1, 0.15) is 48.5 Å². The van der Waals surface area contributed by atoms with E-state index in [1.807, 2.05) is 6.92 Å². The topological polar surface area (TPSA) is 73.4 Å². The third-order valence-corrected chi connectivity index (χ3v) is 4.62. The molecule has 1 aromatic heterocycles. The molecule has 2 N–H and O–H groups in total. The summed E-state index contributed by atoms with van der Waals surface area (Å²) in [6, 6.07) is 0.889. The van der Waals surface area contributed by atoms with Crippen LogP contribution in [0.3, 0.4) is 0 Å². The lowest BCUT2D eigenvalue weighted by Crippen LogP contribution is -2.29. The summed E-state index contributed by atoms with van der Waals surface area (Å²) in [5.74, 6) is 0.909. The molecule has 6 heteroatoms. The molecule has 3 rings (SSSR count). The minimum atomic E-state index is -0.447. The quantitative estimate of drug-likeness (QED) is 0.842. The Bertz CT molecular complexity index is 525. The highest BCUT2D eigenvalue weighted by molar-refractivity contribution is 5.92. The molecule has 0 aliphatic carbocycles. The molecule has 6 nitrogen and oxygen atoms in total. The normalized spacial score (nSPS) is 25.9. The molecule has 0 spiro atoms. The molecule has 110 valence electrons. The van der Waals surface area contributed by atoms with Crippen molar-refractivity contribution < 1.29 is 9.53 Å². The van der Waals surface area contributed by atoms with Crippen LogP contribution in [-0.4, -0.2) is 46.7 Å². The van der Waals surface area contributed by atoms with Crippen LogP contribution in [0.15, 0.2) is 0 Å². The van der Waals surface area contributed by atoms with E-state index in [2.05, 4.69) is 14.5 Å². The summed E-state index contributed by atoms with van der Waals surface area (Å²) >= 11 is 0. The highest BCUT2D eigenvalue weighted by atomic mass is 16.5. The van der Waals surface area contributed by atoms with Gasteiger partial charge in [0.05, 0.1) is 13.2 Å². The first-order chi connectivity index (χ1) is 9.67. The molecule has 0 amide bonds. The minimum absolute atomic E-state index is 0.265. The van der Waals surface area contributed by atoms with E-state index in [1.54, 1.807) is 0 Å². The number of nitrogen functional groups attached to an aromatic ring is 1. The number of esters is 1. The number of methoxy groups -OCH3 is 1. The zero-order valence-electron chi connectivity index (χ0n) is 12.1. The molecule has 2 aliphatic heterocycles. The summed E-state index contributed by atoms with van der Waals surface area (Å²) in [6.07, 6.45) is 4.31. The number of carbonyl (C=O) groups excluding carboxylic acids is 1. The van der Waals surface area contributed by atoms with E-state index in [-0.39, 0.29) is 5.69 Å². The first kappa shape index (κ1) is 13.4. The molecule has 2 fully saturated rings. The Morgan fingerprint density at radius 3 is 2.90 bits per heavy atom. The summed E-state index contributed by atoms with van der Waals surface area (Å²) < 4.78 is 6.86. The molecule has 2 atom stereocenters. The molecule has 2 unspecified atom stereocenters. The lowest BCUT2D eigenvalue weighted by atomic mass is 10.1. The number of ether oxygens (including phenoxy) is 1. The van der Waals surface area contributed by atoms with E-state index < -0.39 is 5.97 Å². The minimum Gasteiger partial charge on any atom is -0.464 e. The first-order valence-electron chi connectivity index (χ1n) is 7.36. The van der Waals surface area contributed by atoms with Gasteiger partial charge < -0.3 is 15.0 Å². The largest absolute Gasteiger partial charge is 0.464 e. The van der Waals surface area contributed by atoms with Gasteiger partial charge in [-0.25, -0.2) is 9.78 Å². The Balaban J connectivity index is 2.00.